The summed E-state index contributed by atoms with van der Waals surface area (Å²) in [4.78, 5) is 26.6. The summed E-state index contributed by atoms with van der Waals surface area (Å²) in [5, 5.41) is 13.3. The van der Waals surface area contributed by atoms with E-state index in [-0.39, 0.29) is 25.0 Å². The van der Waals surface area contributed by atoms with Crippen molar-refractivity contribution in [1.29, 1.82) is 0 Å². The Morgan fingerprint density at radius 3 is 2.67 bits per heavy atom. The minimum Gasteiger partial charge on any atom is -0.493 e. The van der Waals surface area contributed by atoms with E-state index >= 15 is 0 Å². The van der Waals surface area contributed by atoms with Gasteiger partial charge in [-0.25, -0.2) is 4.79 Å². The number of rotatable bonds is 8. The fourth-order valence-electron chi connectivity index (χ4n) is 4.39. The van der Waals surface area contributed by atoms with Crippen molar-refractivity contribution in [3.05, 3.63) is 29.8 Å². The molecule has 2 aliphatic rings. The number of nitrogens with zero attached hydrogens (tertiary/aromatic N) is 1. The molecule has 7 heteroatoms. The first-order chi connectivity index (χ1) is 14.4. The zero-order valence-corrected chi connectivity index (χ0v) is 18.0. The molecule has 1 aliphatic heterocycles. The molecule has 1 aromatic carbocycles. The maximum absolute atomic E-state index is 13.0. The third-order valence-electron chi connectivity index (χ3n) is 6.09. The van der Waals surface area contributed by atoms with Gasteiger partial charge in [0.25, 0.3) is 5.91 Å². The van der Waals surface area contributed by atoms with Crippen LogP contribution in [-0.2, 0) is 4.79 Å². The lowest BCUT2D eigenvalue weighted by atomic mass is 9.75. The number of hydrogen-bond acceptors (Lipinski definition) is 5. The third-order valence-corrected chi connectivity index (χ3v) is 6.09. The number of carbonyl (C=O) groups is 2. The number of benzene rings is 1. The smallest absolute Gasteiger partial charge is 0.325 e. The van der Waals surface area contributed by atoms with Crippen LogP contribution in [0.5, 0.6) is 11.5 Å². The highest BCUT2D eigenvalue weighted by atomic mass is 16.5. The molecule has 3 rings (SSSR count). The molecule has 1 saturated heterocycles. The van der Waals surface area contributed by atoms with Crippen molar-refractivity contribution in [1.82, 2.24) is 10.2 Å². The van der Waals surface area contributed by atoms with Gasteiger partial charge >= 0.3 is 6.03 Å². The largest absolute Gasteiger partial charge is 0.493 e. The lowest BCUT2D eigenvalue weighted by Gasteiger charge is -2.34. The van der Waals surface area contributed by atoms with Gasteiger partial charge in [-0.05, 0) is 50.3 Å². The summed E-state index contributed by atoms with van der Waals surface area (Å²) in [7, 11) is 1.55. The first-order valence-electron chi connectivity index (χ1n) is 10.6. The summed E-state index contributed by atoms with van der Waals surface area (Å²) in [5.41, 5.74) is 0.0905. The average molecular weight is 417 g/mol. The van der Waals surface area contributed by atoms with Crippen LogP contribution in [-0.4, -0.2) is 53.8 Å². The number of nitrogens with one attached hydrogen (secondary N) is 1. The van der Waals surface area contributed by atoms with E-state index in [1.54, 1.807) is 13.2 Å². The van der Waals surface area contributed by atoms with Crippen LogP contribution in [0.4, 0.5) is 4.79 Å². The lowest BCUT2D eigenvalue weighted by Crippen LogP contribution is -2.51. The van der Waals surface area contributed by atoms with Gasteiger partial charge < -0.3 is 19.9 Å². The molecule has 2 fully saturated rings. The number of carbonyl (C=O) groups excluding carboxylic acids is 2. The number of urea groups is 1. The minimum absolute atomic E-state index is 0.0590. The van der Waals surface area contributed by atoms with E-state index in [2.05, 4.69) is 5.32 Å². The van der Waals surface area contributed by atoms with Crippen molar-refractivity contribution >= 4 is 18.0 Å². The molecule has 0 aromatic heterocycles. The second-order valence-corrected chi connectivity index (χ2v) is 8.26. The molecule has 30 heavy (non-hydrogen) atoms. The van der Waals surface area contributed by atoms with E-state index in [4.69, 9.17) is 9.47 Å². The number of hydrogen-bond donors (Lipinski definition) is 2. The number of β-amino-alcohol motifs (C(OH)–C–C–N with tert-alkyl or cyclic N) is 1. The van der Waals surface area contributed by atoms with Crippen LogP contribution in [0.2, 0.25) is 0 Å². The van der Waals surface area contributed by atoms with Gasteiger partial charge in [0, 0.05) is 0 Å². The Labute approximate surface area is 178 Å². The van der Waals surface area contributed by atoms with E-state index in [9.17, 15) is 14.7 Å². The molecule has 2 N–H and O–H groups in total. The van der Waals surface area contributed by atoms with Crippen LogP contribution in [0.3, 0.4) is 0 Å². The Bertz CT molecular complexity index is 803. The van der Waals surface area contributed by atoms with Crippen LogP contribution >= 0.6 is 0 Å². The van der Waals surface area contributed by atoms with E-state index in [1.165, 1.54) is 6.42 Å². The van der Waals surface area contributed by atoms with E-state index in [1.807, 2.05) is 38.1 Å². The van der Waals surface area contributed by atoms with Gasteiger partial charge in [-0.15, -0.1) is 0 Å². The topological polar surface area (TPSA) is 88.1 Å². The molecular weight excluding hydrogens is 384 g/mol. The molecule has 1 heterocycles. The van der Waals surface area contributed by atoms with Crippen LogP contribution in [0.15, 0.2) is 24.3 Å². The molecule has 3 amide bonds. The highest BCUT2D eigenvalue weighted by molar-refractivity contribution is 6.07. The molecule has 0 bridgehead atoms. The summed E-state index contributed by atoms with van der Waals surface area (Å²) in [6.45, 7) is 3.58. The maximum atomic E-state index is 13.0. The lowest BCUT2D eigenvalue weighted by molar-refractivity contribution is -0.134. The van der Waals surface area contributed by atoms with Crippen LogP contribution in [0.1, 0.15) is 51.5 Å². The summed E-state index contributed by atoms with van der Waals surface area (Å²) in [6.07, 6.45) is 8.07. The fourth-order valence-corrected chi connectivity index (χ4v) is 4.39. The predicted octanol–water partition coefficient (Wildman–Crippen LogP) is 3.36. The first-order valence-corrected chi connectivity index (χ1v) is 10.6. The second-order valence-electron chi connectivity index (χ2n) is 8.26. The average Bonchev–Trinajstić information content (AvgIpc) is 2.97. The Morgan fingerprint density at radius 2 is 2.00 bits per heavy atom. The van der Waals surface area contributed by atoms with E-state index in [0.717, 1.165) is 36.1 Å². The van der Waals surface area contributed by atoms with Crippen LogP contribution < -0.4 is 14.8 Å². The summed E-state index contributed by atoms with van der Waals surface area (Å²) < 4.78 is 11.1. The van der Waals surface area contributed by atoms with Crippen molar-refractivity contribution in [3.63, 3.8) is 0 Å². The molecule has 2 unspecified atom stereocenters. The maximum Gasteiger partial charge on any atom is 0.325 e. The molecule has 164 valence electrons. The first kappa shape index (κ1) is 22.2. The van der Waals surface area contributed by atoms with Crippen LogP contribution in [0, 0.1) is 5.92 Å². The van der Waals surface area contributed by atoms with Crippen molar-refractivity contribution < 1.29 is 24.2 Å². The van der Waals surface area contributed by atoms with E-state index < -0.39 is 17.7 Å². The van der Waals surface area contributed by atoms with Gasteiger partial charge in [-0.3, -0.25) is 9.69 Å². The number of methoxy groups -OCH3 is 1. The molecule has 2 atom stereocenters. The van der Waals surface area contributed by atoms with Gasteiger partial charge in [-0.2, -0.15) is 0 Å². The zero-order chi connectivity index (χ0) is 21.7. The number of allylic oxidation sites excluding steroid dienone is 1. The molecule has 0 radical (unpaired) electrons. The molecule has 1 aromatic rings. The number of amides is 3. The normalized spacial score (nSPS) is 23.7. The van der Waals surface area contributed by atoms with Crippen molar-refractivity contribution in [2.24, 2.45) is 5.92 Å². The summed E-state index contributed by atoms with van der Waals surface area (Å²) in [6, 6.07) is 5.06. The summed E-state index contributed by atoms with van der Waals surface area (Å²) >= 11 is 0. The zero-order valence-electron chi connectivity index (χ0n) is 18.0. The third kappa shape index (κ3) is 4.61. The monoisotopic (exact) mass is 416 g/mol. The molecule has 7 nitrogen and oxygen atoms in total. The van der Waals surface area contributed by atoms with Gasteiger partial charge in [0.05, 0.1) is 13.7 Å². The number of imide groups is 1. The number of aliphatic hydroxyl groups excluding tert-OH is 1. The Hall–Kier alpha value is -2.54. The highest BCUT2D eigenvalue weighted by Gasteiger charge is 2.52. The Morgan fingerprint density at radius 1 is 1.27 bits per heavy atom. The molecule has 1 saturated carbocycles. The minimum atomic E-state index is -1.01. The van der Waals surface area contributed by atoms with Crippen molar-refractivity contribution in [3.8, 4) is 11.5 Å². The van der Waals surface area contributed by atoms with Gasteiger partial charge in [0.2, 0.25) is 0 Å². The second kappa shape index (κ2) is 9.51. The van der Waals surface area contributed by atoms with Crippen LogP contribution in [0.25, 0.3) is 6.08 Å². The Kier molecular flexibility index (Phi) is 7.02. The van der Waals surface area contributed by atoms with Crippen molar-refractivity contribution in [2.45, 2.75) is 57.6 Å². The fraction of sp³-hybridized carbons (Fsp3) is 0.565. The predicted molar refractivity (Wildman–Crippen MR) is 114 cm³/mol. The quantitative estimate of drug-likeness (QED) is 0.635. The SMILES string of the molecule is CC=Cc1ccc(OCC(O)CN2C(=O)NC(C)(C3CCCCC3)C2=O)c(OC)c1. The standard InChI is InChI=1S/C23H32N2O5/c1-4-8-16-11-12-19(20(13-16)29-3)30-15-18(26)14-25-21(27)23(2,24-22(25)28)17-9-6-5-7-10-17/h4,8,11-13,17-18,26H,5-7,9-10,14-15H2,1-3H3,(H,24,28). The number of aliphatic hydroxyl groups is 1. The molecule has 1 aliphatic carbocycles. The Balaban J connectivity index is 1.60. The van der Waals surface area contributed by atoms with Gasteiger partial charge in [-0.1, -0.05) is 37.5 Å². The molecule has 0 spiro atoms. The van der Waals surface area contributed by atoms with E-state index in [0.29, 0.717) is 11.5 Å². The highest BCUT2D eigenvalue weighted by Crippen LogP contribution is 2.36. The van der Waals surface area contributed by atoms with Gasteiger partial charge in [0.1, 0.15) is 18.2 Å². The number of ether oxygens (including phenoxy) is 2. The van der Waals surface area contributed by atoms with Crippen molar-refractivity contribution in [2.75, 3.05) is 20.3 Å². The van der Waals surface area contributed by atoms with Gasteiger partial charge in [0.15, 0.2) is 11.5 Å². The molecular formula is C23H32N2O5. The summed E-state index contributed by atoms with van der Waals surface area (Å²) in [5.74, 6) is 0.930.